The third-order valence-corrected chi connectivity index (χ3v) is 4.07. The van der Waals surface area contributed by atoms with Crippen molar-refractivity contribution < 1.29 is 4.79 Å². The first kappa shape index (κ1) is 13.1. The summed E-state index contributed by atoms with van der Waals surface area (Å²) in [4.78, 5) is 16.6. The van der Waals surface area contributed by atoms with Gasteiger partial charge >= 0.3 is 0 Å². The number of nitrogens with zero attached hydrogens (tertiary/aromatic N) is 3. The summed E-state index contributed by atoms with van der Waals surface area (Å²) in [6, 6.07) is 1.90. The van der Waals surface area contributed by atoms with E-state index in [2.05, 4.69) is 15.4 Å². The maximum Gasteiger partial charge on any atom is 0.244 e. The minimum Gasteiger partial charge on any atom is -0.323 e. The van der Waals surface area contributed by atoms with Gasteiger partial charge < -0.3 is 11.1 Å². The molecule has 0 spiro atoms. The smallest absolute Gasteiger partial charge is 0.244 e. The molecule has 3 N–H and O–H groups in total. The van der Waals surface area contributed by atoms with Crippen LogP contribution in [0, 0.1) is 6.92 Å². The molecule has 2 aromatic heterocycles. The molecule has 1 fully saturated rings. The summed E-state index contributed by atoms with van der Waals surface area (Å²) in [6.45, 7) is 1.93. The first-order valence-electron chi connectivity index (χ1n) is 6.89. The van der Waals surface area contributed by atoms with Gasteiger partial charge in [0.25, 0.3) is 0 Å². The highest BCUT2D eigenvalue weighted by atomic mass is 16.2. The second-order valence-corrected chi connectivity index (χ2v) is 5.62. The molecular weight excluding hydrogens is 254 g/mol. The second-order valence-electron chi connectivity index (χ2n) is 5.62. The van der Waals surface area contributed by atoms with E-state index in [1.807, 2.05) is 20.0 Å². The third kappa shape index (κ3) is 2.06. The largest absolute Gasteiger partial charge is 0.323 e. The van der Waals surface area contributed by atoms with E-state index in [9.17, 15) is 4.79 Å². The van der Waals surface area contributed by atoms with Crippen LogP contribution in [0.2, 0.25) is 0 Å². The molecule has 0 radical (unpaired) electrons. The van der Waals surface area contributed by atoms with Crippen LogP contribution in [0.1, 0.15) is 31.4 Å². The molecule has 2 heterocycles. The summed E-state index contributed by atoms with van der Waals surface area (Å²) in [6.07, 6.45) is 5.19. The molecule has 1 amide bonds. The van der Waals surface area contributed by atoms with Crippen LogP contribution < -0.4 is 11.1 Å². The average molecular weight is 273 g/mol. The molecule has 1 saturated carbocycles. The van der Waals surface area contributed by atoms with Crippen molar-refractivity contribution in [2.75, 3.05) is 5.32 Å². The number of aryl methyl sites for hydroxylation is 2. The van der Waals surface area contributed by atoms with Crippen molar-refractivity contribution in [1.82, 2.24) is 14.8 Å². The van der Waals surface area contributed by atoms with Crippen LogP contribution in [0.15, 0.2) is 12.3 Å². The Morgan fingerprint density at radius 2 is 2.15 bits per heavy atom. The molecule has 2 aromatic rings. The molecule has 20 heavy (non-hydrogen) atoms. The van der Waals surface area contributed by atoms with Gasteiger partial charge in [-0.1, -0.05) is 12.8 Å². The number of pyridine rings is 1. The average Bonchev–Trinajstić information content (AvgIpc) is 2.96. The molecule has 106 valence electrons. The van der Waals surface area contributed by atoms with Crippen LogP contribution in [-0.4, -0.2) is 26.2 Å². The van der Waals surface area contributed by atoms with Gasteiger partial charge in [-0.2, -0.15) is 5.10 Å². The van der Waals surface area contributed by atoms with Gasteiger partial charge in [-0.15, -0.1) is 0 Å². The van der Waals surface area contributed by atoms with Crippen LogP contribution in [0.25, 0.3) is 11.0 Å². The van der Waals surface area contributed by atoms with Crippen LogP contribution in [0.5, 0.6) is 0 Å². The lowest BCUT2D eigenvalue weighted by Crippen LogP contribution is -2.48. The number of nitrogens with two attached hydrogens (primary N) is 1. The standard InChI is InChI=1S/C14H19N5O/c1-9-11-7-10(8-16-12(11)19(2)18-9)17-13(20)14(15)5-3-4-6-14/h7-8H,3-6,15H2,1-2H3,(H,17,20). The molecule has 0 unspecified atom stereocenters. The van der Waals surface area contributed by atoms with Crippen molar-refractivity contribution in [1.29, 1.82) is 0 Å². The lowest BCUT2D eigenvalue weighted by Gasteiger charge is -2.22. The maximum atomic E-state index is 12.3. The molecule has 1 aliphatic carbocycles. The van der Waals surface area contributed by atoms with Crippen molar-refractivity contribution >= 4 is 22.6 Å². The number of anilines is 1. The van der Waals surface area contributed by atoms with Crippen molar-refractivity contribution in [3.63, 3.8) is 0 Å². The van der Waals surface area contributed by atoms with E-state index in [0.29, 0.717) is 5.69 Å². The van der Waals surface area contributed by atoms with E-state index in [1.165, 1.54) is 0 Å². The van der Waals surface area contributed by atoms with Gasteiger partial charge in [-0.3, -0.25) is 9.48 Å². The van der Waals surface area contributed by atoms with Gasteiger partial charge in [0, 0.05) is 12.4 Å². The first-order valence-corrected chi connectivity index (χ1v) is 6.89. The predicted octanol–water partition coefficient (Wildman–Crippen LogP) is 1.49. The van der Waals surface area contributed by atoms with Gasteiger partial charge in [0.15, 0.2) is 5.65 Å². The fourth-order valence-corrected chi connectivity index (χ4v) is 2.86. The zero-order valence-electron chi connectivity index (χ0n) is 11.8. The number of carbonyl (C=O) groups excluding carboxylic acids is 1. The lowest BCUT2D eigenvalue weighted by atomic mass is 9.98. The molecule has 0 aliphatic heterocycles. The number of nitrogens with one attached hydrogen (secondary N) is 1. The van der Waals surface area contributed by atoms with Crippen LogP contribution in [0.3, 0.4) is 0 Å². The first-order chi connectivity index (χ1) is 9.49. The van der Waals surface area contributed by atoms with Crippen LogP contribution in [-0.2, 0) is 11.8 Å². The Kier molecular flexibility index (Phi) is 2.97. The third-order valence-electron chi connectivity index (χ3n) is 4.07. The van der Waals surface area contributed by atoms with Crippen molar-refractivity contribution in [3.8, 4) is 0 Å². The highest BCUT2D eigenvalue weighted by molar-refractivity contribution is 5.99. The number of aromatic nitrogens is 3. The van der Waals surface area contributed by atoms with E-state index < -0.39 is 5.54 Å². The minimum atomic E-state index is -0.723. The fraction of sp³-hybridized carbons (Fsp3) is 0.500. The zero-order valence-corrected chi connectivity index (χ0v) is 11.8. The van der Waals surface area contributed by atoms with E-state index >= 15 is 0 Å². The number of rotatable bonds is 2. The fourth-order valence-electron chi connectivity index (χ4n) is 2.86. The number of amides is 1. The van der Waals surface area contributed by atoms with Crippen LogP contribution >= 0.6 is 0 Å². The normalized spacial score (nSPS) is 17.6. The lowest BCUT2D eigenvalue weighted by molar-refractivity contribution is -0.121. The van der Waals surface area contributed by atoms with E-state index in [1.54, 1.807) is 10.9 Å². The molecule has 1 aliphatic rings. The Bertz CT molecular complexity index is 669. The molecule has 3 rings (SSSR count). The summed E-state index contributed by atoms with van der Waals surface area (Å²) >= 11 is 0. The minimum absolute atomic E-state index is 0.113. The number of fused-ring (bicyclic) bond motifs is 1. The summed E-state index contributed by atoms with van der Waals surface area (Å²) in [7, 11) is 1.86. The van der Waals surface area contributed by atoms with E-state index in [-0.39, 0.29) is 5.91 Å². The molecule has 6 nitrogen and oxygen atoms in total. The molecule has 0 saturated heterocycles. The summed E-state index contributed by atoms with van der Waals surface area (Å²) in [5.74, 6) is -0.113. The zero-order chi connectivity index (χ0) is 14.3. The van der Waals surface area contributed by atoms with Crippen LogP contribution in [0.4, 0.5) is 5.69 Å². The molecular formula is C14H19N5O. The molecule has 0 bridgehead atoms. The van der Waals surface area contributed by atoms with E-state index in [0.717, 1.165) is 42.4 Å². The highest BCUT2D eigenvalue weighted by Gasteiger charge is 2.37. The van der Waals surface area contributed by atoms with Gasteiger partial charge in [0.1, 0.15) is 0 Å². The second kappa shape index (κ2) is 4.56. The monoisotopic (exact) mass is 273 g/mol. The summed E-state index contributed by atoms with van der Waals surface area (Å²) in [5, 5.41) is 8.15. The van der Waals surface area contributed by atoms with Crippen molar-refractivity contribution in [2.45, 2.75) is 38.1 Å². The predicted molar refractivity (Wildman–Crippen MR) is 77.3 cm³/mol. The topological polar surface area (TPSA) is 85.8 Å². The van der Waals surface area contributed by atoms with Crippen molar-refractivity contribution in [2.24, 2.45) is 12.8 Å². The van der Waals surface area contributed by atoms with Gasteiger partial charge in [-0.05, 0) is 25.8 Å². The highest BCUT2D eigenvalue weighted by Crippen LogP contribution is 2.28. The Morgan fingerprint density at radius 3 is 2.85 bits per heavy atom. The van der Waals surface area contributed by atoms with Crippen molar-refractivity contribution in [3.05, 3.63) is 18.0 Å². The van der Waals surface area contributed by atoms with Gasteiger partial charge in [0.05, 0.1) is 23.1 Å². The molecule has 0 aromatic carbocycles. The summed E-state index contributed by atoms with van der Waals surface area (Å²) in [5.41, 5.74) is 7.81. The quantitative estimate of drug-likeness (QED) is 0.868. The Balaban J connectivity index is 1.87. The van der Waals surface area contributed by atoms with Gasteiger partial charge in [-0.25, -0.2) is 4.98 Å². The Morgan fingerprint density at radius 1 is 1.45 bits per heavy atom. The van der Waals surface area contributed by atoms with E-state index in [4.69, 9.17) is 5.73 Å². The molecule has 6 heteroatoms. The SMILES string of the molecule is Cc1nn(C)c2ncc(NC(=O)C3(N)CCCC3)cc12. The number of hydrogen-bond acceptors (Lipinski definition) is 4. The maximum absolute atomic E-state index is 12.3. The number of hydrogen-bond donors (Lipinski definition) is 2. The summed E-state index contributed by atoms with van der Waals surface area (Å²) < 4.78 is 1.73. The Hall–Kier alpha value is -1.95. The Labute approximate surface area is 117 Å². The van der Waals surface area contributed by atoms with Gasteiger partial charge in [0.2, 0.25) is 5.91 Å². The molecule has 0 atom stereocenters. The number of carbonyl (C=O) groups is 1.